The standard InChI is InChI=1S/C18H18N2O5/c1-3-8-20-16(22)13-7-4-11(9-14(13)17(20)23)18(24)25-10(2)15(21)19-12-5-6-12/h3-4,7,9-10,12H,1,5-6,8H2,2H3,(H,19,21)/t10-/m0/s1. The molecule has 1 saturated carbocycles. The first kappa shape index (κ1) is 16.9. The van der Waals surface area contributed by atoms with Crippen LogP contribution in [-0.2, 0) is 9.53 Å². The number of amides is 3. The summed E-state index contributed by atoms with van der Waals surface area (Å²) in [6.45, 7) is 5.11. The van der Waals surface area contributed by atoms with Gasteiger partial charge in [0.05, 0.1) is 16.7 Å². The van der Waals surface area contributed by atoms with E-state index >= 15 is 0 Å². The predicted octanol–water partition coefficient (Wildman–Crippen LogP) is 1.29. The molecule has 25 heavy (non-hydrogen) atoms. The van der Waals surface area contributed by atoms with E-state index in [0.717, 1.165) is 17.7 Å². The Labute approximate surface area is 144 Å². The van der Waals surface area contributed by atoms with E-state index in [1.165, 1.54) is 31.2 Å². The molecule has 0 spiro atoms. The Morgan fingerprint density at radius 1 is 1.32 bits per heavy atom. The molecule has 3 amide bonds. The summed E-state index contributed by atoms with van der Waals surface area (Å²) in [5, 5.41) is 2.75. The summed E-state index contributed by atoms with van der Waals surface area (Å²) in [4.78, 5) is 49.6. The highest BCUT2D eigenvalue weighted by atomic mass is 16.5. The molecule has 7 nitrogen and oxygen atoms in total. The number of hydrogen-bond acceptors (Lipinski definition) is 5. The summed E-state index contributed by atoms with van der Waals surface area (Å²) in [6.07, 6.45) is 2.40. The molecule has 0 bridgehead atoms. The van der Waals surface area contributed by atoms with Crippen LogP contribution in [0.5, 0.6) is 0 Å². The van der Waals surface area contributed by atoms with Crippen LogP contribution in [0.1, 0.15) is 50.8 Å². The zero-order chi connectivity index (χ0) is 18.1. The third-order valence-corrected chi connectivity index (χ3v) is 4.09. The topological polar surface area (TPSA) is 92.8 Å². The number of esters is 1. The van der Waals surface area contributed by atoms with Gasteiger partial charge in [-0.3, -0.25) is 19.3 Å². The Morgan fingerprint density at radius 3 is 2.64 bits per heavy atom. The highest BCUT2D eigenvalue weighted by molar-refractivity contribution is 6.22. The number of carbonyl (C=O) groups is 4. The van der Waals surface area contributed by atoms with Crippen LogP contribution in [0.4, 0.5) is 0 Å². The fourth-order valence-corrected chi connectivity index (χ4v) is 2.54. The summed E-state index contributed by atoms with van der Waals surface area (Å²) in [7, 11) is 0. The molecule has 1 aromatic carbocycles. The van der Waals surface area contributed by atoms with Crippen LogP contribution in [0, 0.1) is 0 Å². The van der Waals surface area contributed by atoms with Gasteiger partial charge in [0, 0.05) is 12.6 Å². The van der Waals surface area contributed by atoms with Crippen molar-refractivity contribution in [3.63, 3.8) is 0 Å². The summed E-state index contributed by atoms with van der Waals surface area (Å²) >= 11 is 0. The van der Waals surface area contributed by atoms with Crippen molar-refractivity contribution in [2.45, 2.75) is 31.9 Å². The lowest BCUT2D eigenvalue weighted by atomic mass is 10.1. The number of nitrogens with one attached hydrogen (secondary N) is 1. The SMILES string of the molecule is C=CCN1C(=O)c2ccc(C(=O)O[C@@H](C)C(=O)NC3CC3)cc2C1=O. The molecule has 130 valence electrons. The lowest BCUT2D eigenvalue weighted by Gasteiger charge is -2.13. The van der Waals surface area contributed by atoms with Gasteiger partial charge in [-0.25, -0.2) is 4.79 Å². The Bertz CT molecular complexity index is 782. The fourth-order valence-electron chi connectivity index (χ4n) is 2.54. The third-order valence-electron chi connectivity index (χ3n) is 4.09. The second-order valence-electron chi connectivity index (χ2n) is 6.10. The van der Waals surface area contributed by atoms with E-state index in [0.29, 0.717) is 0 Å². The zero-order valence-corrected chi connectivity index (χ0v) is 13.8. The number of carbonyl (C=O) groups excluding carboxylic acids is 4. The average molecular weight is 342 g/mol. The molecule has 0 unspecified atom stereocenters. The van der Waals surface area contributed by atoms with Gasteiger partial charge in [-0.2, -0.15) is 0 Å². The van der Waals surface area contributed by atoms with E-state index in [-0.39, 0.29) is 35.2 Å². The van der Waals surface area contributed by atoms with Crippen molar-refractivity contribution < 1.29 is 23.9 Å². The molecule has 0 radical (unpaired) electrons. The molecule has 1 aliphatic heterocycles. The third kappa shape index (κ3) is 3.31. The highest BCUT2D eigenvalue weighted by Gasteiger charge is 2.35. The summed E-state index contributed by atoms with van der Waals surface area (Å²) in [5.74, 6) is -1.96. The van der Waals surface area contributed by atoms with Crippen molar-refractivity contribution in [3.05, 3.63) is 47.5 Å². The van der Waals surface area contributed by atoms with Crippen molar-refractivity contribution in [1.82, 2.24) is 10.2 Å². The van der Waals surface area contributed by atoms with Gasteiger partial charge >= 0.3 is 5.97 Å². The number of hydrogen-bond donors (Lipinski definition) is 1. The van der Waals surface area contributed by atoms with Crippen LogP contribution < -0.4 is 5.32 Å². The average Bonchev–Trinajstić information content (AvgIpc) is 3.38. The van der Waals surface area contributed by atoms with Gasteiger partial charge < -0.3 is 10.1 Å². The number of rotatable bonds is 6. The fraction of sp³-hybridized carbons (Fsp3) is 0.333. The van der Waals surface area contributed by atoms with Gasteiger partial charge in [0.25, 0.3) is 17.7 Å². The highest BCUT2D eigenvalue weighted by Crippen LogP contribution is 2.24. The Hall–Kier alpha value is -2.96. The van der Waals surface area contributed by atoms with Gasteiger partial charge in [-0.15, -0.1) is 6.58 Å². The van der Waals surface area contributed by atoms with Crippen LogP contribution in [0.15, 0.2) is 30.9 Å². The van der Waals surface area contributed by atoms with Gasteiger partial charge in [0.15, 0.2) is 6.10 Å². The van der Waals surface area contributed by atoms with E-state index in [9.17, 15) is 19.2 Å². The van der Waals surface area contributed by atoms with E-state index in [2.05, 4.69) is 11.9 Å². The van der Waals surface area contributed by atoms with Gasteiger partial charge in [-0.05, 0) is 38.0 Å². The predicted molar refractivity (Wildman–Crippen MR) is 88.0 cm³/mol. The maximum Gasteiger partial charge on any atom is 0.338 e. The maximum absolute atomic E-state index is 12.3. The van der Waals surface area contributed by atoms with Crippen molar-refractivity contribution >= 4 is 23.7 Å². The van der Waals surface area contributed by atoms with Crippen molar-refractivity contribution in [3.8, 4) is 0 Å². The summed E-state index contributed by atoms with van der Waals surface area (Å²) < 4.78 is 5.15. The first-order valence-corrected chi connectivity index (χ1v) is 8.05. The molecule has 1 atom stereocenters. The Morgan fingerprint density at radius 2 is 2.00 bits per heavy atom. The molecular formula is C18H18N2O5. The van der Waals surface area contributed by atoms with Gasteiger partial charge in [0.2, 0.25) is 0 Å². The molecule has 1 aromatic rings. The first-order chi connectivity index (χ1) is 11.9. The van der Waals surface area contributed by atoms with E-state index in [4.69, 9.17) is 4.74 Å². The minimum Gasteiger partial charge on any atom is -0.449 e. The molecular weight excluding hydrogens is 324 g/mol. The molecule has 0 saturated heterocycles. The number of imide groups is 1. The van der Waals surface area contributed by atoms with E-state index in [1.54, 1.807) is 0 Å². The first-order valence-electron chi connectivity index (χ1n) is 8.05. The molecule has 1 fully saturated rings. The number of ether oxygens (including phenoxy) is 1. The lowest BCUT2D eigenvalue weighted by molar-refractivity contribution is -0.129. The van der Waals surface area contributed by atoms with E-state index in [1.807, 2.05) is 0 Å². The second-order valence-corrected chi connectivity index (χ2v) is 6.10. The largest absolute Gasteiger partial charge is 0.449 e. The Balaban J connectivity index is 1.73. The van der Waals surface area contributed by atoms with E-state index < -0.39 is 23.9 Å². The van der Waals surface area contributed by atoms with Crippen LogP contribution >= 0.6 is 0 Å². The second kappa shape index (κ2) is 6.51. The number of benzene rings is 1. The molecule has 7 heteroatoms. The van der Waals surface area contributed by atoms with Crippen LogP contribution in [0.2, 0.25) is 0 Å². The monoisotopic (exact) mass is 342 g/mol. The molecule has 1 heterocycles. The Kier molecular flexibility index (Phi) is 4.39. The number of nitrogens with zero attached hydrogens (tertiary/aromatic N) is 1. The quantitative estimate of drug-likeness (QED) is 0.478. The normalized spacial score (nSPS) is 17.1. The van der Waals surface area contributed by atoms with Crippen molar-refractivity contribution in [2.24, 2.45) is 0 Å². The van der Waals surface area contributed by atoms with Gasteiger partial charge in [0.1, 0.15) is 0 Å². The summed E-state index contributed by atoms with van der Waals surface area (Å²) in [6, 6.07) is 4.33. The van der Waals surface area contributed by atoms with Crippen LogP contribution in [0.3, 0.4) is 0 Å². The zero-order valence-electron chi connectivity index (χ0n) is 13.8. The molecule has 1 N–H and O–H groups in total. The minimum atomic E-state index is -0.934. The van der Waals surface area contributed by atoms with Crippen LogP contribution in [-0.4, -0.2) is 47.3 Å². The minimum absolute atomic E-state index is 0.102. The molecule has 1 aliphatic carbocycles. The number of fused-ring (bicyclic) bond motifs is 1. The molecule has 3 rings (SSSR count). The maximum atomic E-state index is 12.3. The van der Waals surface area contributed by atoms with Crippen LogP contribution in [0.25, 0.3) is 0 Å². The van der Waals surface area contributed by atoms with Crippen molar-refractivity contribution in [1.29, 1.82) is 0 Å². The smallest absolute Gasteiger partial charge is 0.338 e. The molecule has 2 aliphatic rings. The van der Waals surface area contributed by atoms with Crippen molar-refractivity contribution in [2.75, 3.05) is 6.54 Å². The summed E-state index contributed by atoms with van der Waals surface area (Å²) in [5.41, 5.74) is 0.505. The van der Waals surface area contributed by atoms with Gasteiger partial charge in [-0.1, -0.05) is 6.08 Å². The lowest BCUT2D eigenvalue weighted by Crippen LogP contribution is -2.37. The molecule has 0 aromatic heterocycles.